The molecule has 0 aliphatic heterocycles. The second-order valence-corrected chi connectivity index (χ2v) is 6.78. The number of hydrogen-bond donors (Lipinski definition) is 0. The molecule has 0 saturated carbocycles. The van der Waals surface area contributed by atoms with Crippen molar-refractivity contribution in [2.45, 2.75) is 19.4 Å². The number of aryl methyl sites for hydroxylation is 1. The third kappa shape index (κ3) is 4.89. The fourth-order valence-corrected chi connectivity index (χ4v) is 2.87. The highest BCUT2D eigenvalue weighted by Gasteiger charge is 2.13. The molecular weight excluding hydrogens is 383 g/mol. The summed E-state index contributed by atoms with van der Waals surface area (Å²) >= 11 is 5.88. The summed E-state index contributed by atoms with van der Waals surface area (Å²) in [5, 5.41) is 0.647. The van der Waals surface area contributed by atoms with Gasteiger partial charge in [0.25, 0.3) is 0 Å². The number of aromatic nitrogens is 1. The summed E-state index contributed by atoms with van der Waals surface area (Å²) in [5.41, 5.74) is 1.56. The molecule has 0 atom stereocenters. The van der Waals surface area contributed by atoms with Crippen molar-refractivity contribution in [2.24, 2.45) is 0 Å². The maximum Gasteiger partial charge on any atom is 0.223 e. The van der Waals surface area contributed by atoms with Crippen LogP contribution in [0.4, 0.5) is 4.39 Å². The lowest BCUT2D eigenvalue weighted by molar-refractivity contribution is -0.130. The van der Waals surface area contributed by atoms with Gasteiger partial charge in [-0.15, -0.1) is 0 Å². The van der Waals surface area contributed by atoms with Crippen molar-refractivity contribution in [1.82, 2.24) is 9.88 Å². The Labute approximate surface area is 167 Å². The fraction of sp³-hybridized carbons (Fsp3) is 0.238. The van der Waals surface area contributed by atoms with Gasteiger partial charge in [0.1, 0.15) is 0 Å². The van der Waals surface area contributed by atoms with Crippen LogP contribution in [0.25, 0.3) is 11.3 Å². The second kappa shape index (κ2) is 8.89. The smallest absolute Gasteiger partial charge is 0.223 e. The summed E-state index contributed by atoms with van der Waals surface area (Å²) in [4.78, 5) is 18.1. The van der Waals surface area contributed by atoms with E-state index in [1.807, 2.05) is 12.1 Å². The molecule has 28 heavy (non-hydrogen) atoms. The Morgan fingerprint density at radius 3 is 2.68 bits per heavy atom. The number of nitrogens with zero attached hydrogens (tertiary/aromatic N) is 2. The van der Waals surface area contributed by atoms with Crippen molar-refractivity contribution in [3.05, 3.63) is 71.0 Å². The molecule has 2 aromatic carbocycles. The molecule has 3 rings (SSSR count). The standard InChI is InChI=1S/C21H20ClFN2O3/c1-25(13-14-3-8-18(27-2)17(23)11-14)21(26)10-9-20-24-12-19(28-20)15-4-6-16(22)7-5-15/h3-8,11-12H,9-10,13H2,1-2H3. The number of carbonyl (C=O) groups excluding carboxylic acids is 1. The lowest BCUT2D eigenvalue weighted by Crippen LogP contribution is -2.26. The number of oxazole rings is 1. The highest BCUT2D eigenvalue weighted by Crippen LogP contribution is 2.23. The average molecular weight is 403 g/mol. The molecule has 0 bridgehead atoms. The van der Waals surface area contributed by atoms with E-state index in [9.17, 15) is 9.18 Å². The molecule has 0 radical (unpaired) electrons. The number of rotatable bonds is 7. The fourth-order valence-electron chi connectivity index (χ4n) is 2.75. The van der Waals surface area contributed by atoms with E-state index in [0.29, 0.717) is 35.2 Å². The van der Waals surface area contributed by atoms with Crippen LogP contribution in [0.15, 0.2) is 53.1 Å². The van der Waals surface area contributed by atoms with Crippen molar-refractivity contribution >= 4 is 17.5 Å². The third-order valence-corrected chi connectivity index (χ3v) is 4.55. The predicted octanol–water partition coefficient (Wildman–Crippen LogP) is 4.73. The van der Waals surface area contributed by atoms with Gasteiger partial charge in [0, 0.05) is 37.0 Å². The molecular formula is C21H20ClFN2O3. The lowest BCUT2D eigenvalue weighted by Gasteiger charge is -2.17. The van der Waals surface area contributed by atoms with Gasteiger partial charge in [0.15, 0.2) is 23.2 Å². The number of amides is 1. The summed E-state index contributed by atoms with van der Waals surface area (Å²) in [6.45, 7) is 0.307. The topological polar surface area (TPSA) is 55.6 Å². The molecule has 1 heterocycles. The Hall–Kier alpha value is -2.86. The molecule has 0 fully saturated rings. The van der Waals surface area contributed by atoms with Gasteiger partial charge in [-0.2, -0.15) is 0 Å². The number of carbonyl (C=O) groups is 1. The summed E-state index contributed by atoms with van der Waals surface area (Å²) in [6.07, 6.45) is 2.26. The van der Waals surface area contributed by atoms with E-state index in [1.54, 1.807) is 42.4 Å². The van der Waals surface area contributed by atoms with Gasteiger partial charge in [0.05, 0.1) is 13.3 Å². The largest absolute Gasteiger partial charge is 0.494 e. The van der Waals surface area contributed by atoms with Crippen LogP contribution >= 0.6 is 11.6 Å². The van der Waals surface area contributed by atoms with Crippen LogP contribution in [0.5, 0.6) is 5.75 Å². The van der Waals surface area contributed by atoms with Crippen molar-refractivity contribution in [3.63, 3.8) is 0 Å². The third-order valence-electron chi connectivity index (χ3n) is 4.30. The van der Waals surface area contributed by atoms with Crippen LogP contribution in [0.3, 0.4) is 0 Å². The number of benzene rings is 2. The number of ether oxygens (including phenoxy) is 1. The molecule has 0 spiro atoms. The van der Waals surface area contributed by atoms with E-state index >= 15 is 0 Å². The van der Waals surface area contributed by atoms with Gasteiger partial charge in [-0.1, -0.05) is 17.7 Å². The van der Waals surface area contributed by atoms with Gasteiger partial charge in [-0.3, -0.25) is 4.79 Å². The van der Waals surface area contributed by atoms with Crippen LogP contribution in [-0.2, 0) is 17.8 Å². The second-order valence-electron chi connectivity index (χ2n) is 6.34. The molecule has 5 nitrogen and oxygen atoms in total. The monoisotopic (exact) mass is 402 g/mol. The zero-order chi connectivity index (χ0) is 20.1. The van der Waals surface area contributed by atoms with E-state index in [0.717, 1.165) is 5.56 Å². The zero-order valence-electron chi connectivity index (χ0n) is 15.6. The van der Waals surface area contributed by atoms with E-state index in [2.05, 4.69) is 4.98 Å². The van der Waals surface area contributed by atoms with E-state index in [1.165, 1.54) is 13.2 Å². The summed E-state index contributed by atoms with van der Waals surface area (Å²) in [6, 6.07) is 11.9. The quantitative estimate of drug-likeness (QED) is 0.573. The summed E-state index contributed by atoms with van der Waals surface area (Å²) < 4.78 is 24.4. The Morgan fingerprint density at radius 2 is 2.00 bits per heavy atom. The van der Waals surface area contributed by atoms with Crippen LogP contribution < -0.4 is 4.74 Å². The first kappa shape index (κ1) is 19.9. The van der Waals surface area contributed by atoms with Crippen LogP contribution in [0, 0.1) is 5.82 Å². The van der Waals surface area contributed by atoms with Gasteiger partial charge < -0.3 is 14.1 Å². The molecule has 0 N–H and O–H groups in total. The van der Waals surface area contributed by atoms with Gasteiger partial charge >= 0.3 is 0 Å². The van der Waals surface area contributed by atoms with Crippen molar-refractivity contribution in [3.8, 4) is 17.1 Å². The van der Waals surface area contributed by atoms with Crippen molar-refractivity contribution < 1.29 is 18.3 Å². The number of halogens is 2. The molecule has 1 amide bonds. The van der Waals surface area contributed by atoms with Crippen molar-refractivity contribution in [1.29, 1.82) is 0 Å². The van der Waals surface area contributed by atoms with Crippen LogP contribution in [0.1, 0.15) is 17.9 Å². The maximum absolute atomic E-state index is 13.8. The van der Waals surface area contributed by atoms with Gasteiger partial charge in [-0.05, 0) is 42.0 Å². The first-order valence-corrected chi connectivity index (χ1v) is 9.11. The number of hydrogen-bond acceptors (Lipinski definition) is 4. The van der Waals surface area contributed by atoms with Crippen molar-refractivity contribution in [2.75, 3.05) is 14.2 Å². The molecule has 7 heteroatoms. The van der Waals surface area contributed by atoms with E-state index < -0.39 is 5.82 Å². The molecule has 0 aliphatic rings. The van der Waals surface area contributed by atoms with Crippen LogP contribution in [-0.4, -0.2) is 29.9 Å². The first-order chi connectivity index (χ1) is 13.5. The summed E-state index contributed by atoms with van der Waals surface area (Å²) in [7, 11) is 3.09. The minimum absolute atomic E-state index is 0.0810. The molecule has 0 saturated heterocycles. The Balaban J connectivity index is 1.55. The highest BCUT2D eigenvalue weighted by atomic mass is 35.5. The van der Waals surface area contributed by atoms with E-state index in [4.69, 9.17) is 20.8 Å². The molecule has 3 aromatic rings. The van der Waals surface area contributed by atoms with Gasteiger partial charge in [-0.25, -0.2) is 9.37 Å². The molecule has 0 unspecified atom stereocenters. The van der Waals surface area contributed by atoms with Crippen LogP contribution in [0.2, 0.25) is 5.02 Å². The molecule has 1 aromatic heterocycles. The number of methoxy groups -OCH3 is 1. The Kier molecular flexibility index (Phi) is 6.31. The van der Waals surface area contributed by atoms with Gasteiger partial charge in [0.2, 0.25) is 5.91 Å². The lowest BCUT2D eigenvalue weighted by atomic mass is 10.2. The predicted molar refractivity (Wildman–Crippen MR) is 105 cm³/mol. The minimum atomic E-state index is -0.449. The molecule has 146 valence electrons. The Morgan fingerprint density at radius 1 is 1.25 bits per heavy atom. The maximum atomic E-state index is 13.8. The molecule has 0 aliphatic carbocycles. The summed E-state index contributed by atoms with van der Waals surface area (Å²) in [5.74, 6) is 0.763. The zero-order valence-corrected chi connectivity index (χ0v) is 16.4. The van der Waals surface area contributed by atoms with E-state index in [-0.39, 0.29) is 18.1 Å². The SMILES string of the molecule is COc1ccc(CN(C)C(=O)CCc2ncc(-c3ccc(Cl)cc3)o2)cc1F. The Bertz CT molecular complexity index is 957. The normalized spacial score (nSPS) is 10.7. The average Bonchev–Trinajstić information content (AvgIpc) is 3.16. The first-order valence-electron chi connectivity index (χ1n) is 8.73. The highest BCUT2D eigenvalue weighted by molar-refractivity contribution is 6.30. The minimum Gasteiger partial charge on any atom is -0.494 e.